The van der Waals surface area contributed by atoms with Gasteiger partial charge >= 0.3 is 0 Å². The maximum atomic E-state index is 5.93. The van der Waals surface area contributed by atoms with E-state index >= 15 is 0 Å². The molecule has 0 amide bonds. The average molecular weight is 290 g/mol. The lowest BCUT2D eigenvalue weighted by molar-refractivity contribution is 0.145. The van der Waals surface area contributed by atoms with Crippen molar-refractivity contribution in [2.75, 3.05) is 45.8 Å². The molecule has 1 aromatic rings. The molecule has 2 atom stereocenters. The van der Waals surface area contributed by atoms with Gasteiger partial charge in [0, 0.05) is 36.9 Å². The van der Waals surface area contributed by atoms with Gasteiger partial charge in [-0.3, -0.25) is 0 Å². The molecule has 0 bridgehead atoms. The summed E-state index contributed by atoms with van der Waals surface area (Å²) in [6.07, 6.45) is 3.89. The normalized spacial score (nSPS) is 24.9. The number of anilines is 1. The Balaban J connectivity index is 1.73. The third-order valence-electron chi connectivity index (χ3n) is 4.79. The van der Waals surface area contributed by atoms with E-state index in [4.69, 9.17) is 9.47 Å². The first-order valence-electron chi connectivity index (χ1n) is 7.98. The molecule has 0 radical (unpaired) electrons. The van der Waals surface area contributed by atoms with E-state index in [2.05, 4.69) is 35.5 Å². The molecular weight excluding hydrogens is 264 g/mol. The summed E-state index contributed by atoms with van der Waals surface area (Å²) in [5.41, 5.74) is 2.62. The average Bonchev–Trinajstić information content (AvgIpc) is 3.08. The van der Waals surface area contributed by atoms with Crippen molar-refractivity contribution >= 4 is 5.69 Å². The van der Waals surface area contributed by atoms with Gasteiger partial charge in [-0.2, -0.15) is 0 Å². The molecule has 1 saturated heterocycles. The van der Waals surface area contributed by atoms with Crippen LogP contribution >= 0.6 is 0 Å². The minimum absolute atomic E-state index is 0.560. The van der Waals surface area contributed by atoms with E-state index in [9.17, 15) is 0 Å². The Bertz CT molecular complexity index is 478. The molecule has 4 heteroatoms. The van der Waals surface area contributed by atoms with Crippen molar-refractivity contribution < 1.29 is 9.47 Å². The van der Waals surface area contributed by atoms with E-state index < -0.39 is 0 Å². The second-order valence-electron chi connectivity index (χ2n) is 6.15. The number of benzene rings is 1. The Hall–Kier alpha value is -1.26. The SMILES string of the molecule is COCCOc1cccc2c1[C@@H](C[C@H]1CCCN1C)CN2. The molecule has 116 valence electrons. The summed E-state index contributed by atoms with van der Waals surface area (Å²) >= 11 is 0. The molecule has 0 spiro atoms. The predicted octanol–water partition coefficient (Wildman–Crippen LogP) is 2.71. The predicted molar refractivity (Wildman–Crippen MR) is 85.3 cm³/mol. The van der Waals surface area contributed by atoms with E-state index in [1.54, 1.807) is 7.11 Å². The first-order valence-corrected chi connectivity index (χ1v) is 7.98. The summed E-state index contributed by atoms with van der Waals surface area (Å²) in [7, 11) is 3.96. The molecule has 21 heavy (non-hydrogen) atoms. The number of rotatable bonds is 6. The van der Waals surface area contributed by atoms with Gasteiger partial charge in [-0.1, -0.05) is 6.07 Å². The van der Waals surface area contributed by atoms with Gasteiger partial charge in [0.15, 0.2) is 0 Å². The van der Waals surface area contributed by atoms with E-state index in [-0.39, 0.29) is 0 Å². The Morgan fingerprint density at radius 1 is 1.33 bits per heavy atom. The molecule has 0 saturated carbocycles. The van der Waals surface area contributed by atoms with E-state index in [0.717, 1.165) is 18.3 Å². The van der Waals surface area contributed by atoms with Gasteiger partial charge in [-0.25, -0.2) is 0 Å². The molecule has 1 aromatic carbocycles. The fourth-order valence-corrected chi connectivity index (χ4v) is 3.62. The molecule has 0 aromatic heterocycles. The smallest absolute Gasteiger partial charge is 0.125 e. The number of hydrogen-bond donors (Lipinski definition) is 1. The monoisotopic (exact) mass is 290 g/mol. The van der Waals surface area contributed by atoms with Crippen molar-refractivity contribution in [1.29, 1.82) is 0 Å². The zero-order valence-electron chi connectivity index (χ0n) is 13.1. The summed E-state index contributed by atoms with van der Waals surface area (Å²) < 4.78 is 11.0. The molecule has 0 aliphatic carbocycles. The molecule has 2 heterocycles. The third-order valence-corrected chi connectivity index (χ3v) is 4.79. The van der Waals surface area contributed by atoms with Crippen LogP contribution in [0.2, 0.25) is 0 Å². The lowest BCUT2D eigenvalue weighted by Gasteiger charge is -2.23. The lowest BCUT2D eigenvalue weighted by atomic mass is 9.92. The number of hydrogen-bond acceptors (Lipinski definition) is 4. The molecule has 2 aliphatic rings. The number of nitrogens with one attached hydrogen (secondary N) is 1. The standard InChI is InChI=1S/C17H26N2O2/c1-19-8-4-5-14(19)11-13-12-18-15-6-3-7-16(17(13)15)21-10-9-20-2/h3,6-7,13-14,18H,4-5,8-12H2,1-2H3/t13-,14+/m0/s1. The van der Waals surface area contributed by atoms with Crippen LogP contribution in [-0.4, -0.2) is 51.4 Å². The quantitative estimate of drug-likeness (QED) is 0.817. The van der Waals surface area contributed by atoms with Crippen molar-refractivity contribution in [3.8, 4) is 5.75 Å². The van der Waals surface area contributed by atoms with Gasteiger partial charge < -0.3 is 19.7 Å². The van der Waals surface area contributed by atoms with Crippen LogP contribution in [0.25, 0.3) is 0 Å². The van der Waals surface area contributed by atoms with Crippen LogP contribution < -0.4 is 10.1 Å². The largest absolute Gasteiger partial charge is 0.491 e. The fraction of sp³-hybridized carbons (Fsp3) is 0.647. The number of ether oxygens (including phenoxy) is 2. The molecular formula is C17H26N2O2. The van der Waals surface area contributed by atoms with Gasteiger partial charge in [0.2, 0.25) is 0 Å². The highest BCUT2D eigenvalue weighted by molar-refractivity contribution is 5.63. The Morgan fingerprint density at radius 3 is 3.00 bits per heavy atom. The number of likely N-dealkylation sites (tertiary alicyclic amines) is 1. The van der Waals surface area contributed by atoms with Crippen molar-refractivity contribution in [2.24, 2.45) is 0 Å². The van der Waals surface area contributed by atoms with Crippen LogP contribution in [0.4, 0.5) is 5.69 Å². The van der Waals surface area contributed by atoms with E-state index in [1.165, 1.54) is 37.1 Å². The van der Waals surface area contributed by atoms with E-state index in [0.29, 0.717) is 19.1 Å². The molecule has 1 fully saturated rings. The van der Waals surface area contributed by atoms with Gasteiger partial charge in [0.25, 0.3) is 0 Å². The minimum atomic E-state index is 0.560. The van der Waals surface area contributed by atoms with Crippen molar-refractivity contribution in [3.05, 3.63) is 23.8 Å². The van der Waals surface area contributed by atoms with Gasteiger partial charge in [-0.05, 0) is 45.0 Å². The minimum Gasteiger partial charge on any atom is -0.491 e. The molecule has 4 nitrogen and oxygen atoms in total. The second kappa shape index (κ2) is 6.67. The highest BCUT2D eigenvalue weighted by Crippen LogP contribution is 2.42. The van der Waals surface area contributed by atoms with E-state index in [1.807, 2.05) is 0 Å². The third kappa shape index (κ3) is 3.16. The Kier molecular flexibility index (Phi) is 4.66. The first-order chi connectivity index (χ1) is 10.3. The van der Waals surface area contributed by atoms with Crippen LogP contribution in [0.1, 0.15) is 30.7 Å². The van der Waals surface area contributed by atoms with Crippen LogP contribution in [0, 0.1) is 0 Å². The van der Waals surface area contributed by atoms with Gasteiger partial charge in [-0.15, -0.1) is 0 Å². The summed E-state index contributed by atoms with van der Waals surface area (Å²) in [6, 6.07) is 7.04. The maximum absolute atomic E-state index is 5.93. The zero-order valence-corrected chi connectivity index (χ0v) is 13.1. The maximum Gasteiger partial charge on any atom is 0.125 e. The molecule has 2 aliphatic heterocycles. The van der Waals surface area contributed by atoms with Crippen LogP contribution in [0.3, 0.4) is 0 Å². The van der Waals surface area contributed by atoms with Crippen LogP contribution in [-0.2, 0) is 4.74 Å². The Labute approximate surface area is 127 Å². The van der Waals surface area contributed by atoms with Gasteiger partial charge in [0.05, 0.1) is 6.61 Å². The highest BCUT2D eigenvalue weighted by atomic mass is 16.5. The fourth-order valence-electron chi connectivity index (χ4n) is 3.62. The molecule has 0 unspecified atom stereocenters. The Morgan fingerprint density at radius 2 is 2.24 bits per heavy atom. The number of fused-ring (bicyclic) bond motifs is 1. The molecule has 1 N–H and O–H groups in total. The number of nitrogens with zero attached hydrogens (tertiary/aromatic N) is 1. The zero-order chi connectivity index (χ0) is 14.7. The summed E-state index contributed by atoms with van der Waals surface area (Å²) in [5, 5.41) is 3.54. The summed E-state index contributed by atoms with van der Waals surface area (Å²) in [6.45, 7) is 3.52. The van der Waals surface area contributed by atoms with Crippen LogP contribution in [0.5, 0.6) is 5.75 Å². The first kappa shape index (κ1) is 14.7. The lowest BCUT2D eigenvalue weighted by Crippen LogP contribution is -2.27. The number of methoxy groups -OCH3 is 1. The van der Waals surface area contributed by atoms with Gasteiger partial charge in [0.1, 0.15) is 12.4 Å². The van der Waals surface area contributed by atoms with Crippen molar-refractivity contribution in [1.82, 2.24) is 4.90 Å². The van der Waals surface area contributed by atoms with Crippen molar-refractivity contribution in [3.63, 3.8) is 0 Å². The summed E-state index contributed by atoms with van der Waals surface area (Å²) in [5.74, 6) is 1.59. The van der Waals surface area contributed by atoms with Crippen molar-refractivity contribution in [2.45, 2.75) is 31.2 Å². The summed E-state index contributed by atoms with van der Waals surface area (Å²) in [4.78, 5) is 2.51. The highest BCUT2D eigenvalue weighted by Gasteiger charge is 2.31. The molecule has 3 rings (SSSR count). The van der Waals surface area contributed by atoms with Crippen LogP contribution in [0.15, 0.2) is 18.2 Å². The second-order valence-corrected chi connectivity index (χ2v) is 6.15. The topological polar surface area (TPSA) is 33.7 Å².